The molecule has 0 aliphatic carbocycles. The summed E-state index contributed by atoms with van der Waals surface area (Å²) in [5.41, 5.74) is 0. The largest absolute Gasteiger partial charge is 0.350 e. The van der Waals surface area contributed by atoms with E-state index in [1.165, 1.54) is 6.42 Å². The topological polar surface area (TPSA) is 42.0 Å². The van der Waals surface area contributed by atoms with Crippen molar-refractivity contribution in [3.05, 3.63) is 0 Å². The lowest BCUT2D eigenvalue weighted by molar-refractivity contribution is -0.137. The second kappa shape index (κ2) is 7.28. The van der Waals surface area contributed by atoms with Gasteiger partial charge in [-0.05, 0) is 37.6 Å². The number of hydrogen-bond donors (Lipinski definition) is 0. The molecule has 0 aromatic carbocycles. The molecule has 22 heavy (non-hydrogen) atoms. The molecule has 3 rings (SSSR count). The van der Waals surface area contributed by atoms with Gasteiger partial charge in [0.1, 0.15) is 0 Å². The third-order valence-corrected chi connectivity index (χ3v) is 5.15. The Morgan fingerprint density at radius 1 is 1.09 bits per heavy atom. The van der Waals surface area contributed by atoms with Gasteiger partial charge in [-0.25, -0.2) is 0 Å². The molecule has 0 radical (unpaired) electrons. The summed E-state index contributed by atoms with van der Waals surface area (Å²) >= 11 is 0. The molecular weight excluding hydrogens is 280 g/mol. The molecule has 3 aliphatic heterocycles. The van der Waals surface area contributed by atoms with Gasteiger partial charge in [-0.3, -0.25) is 9.69 Å². The van der Waals surface area contributed by atoms with Gasteiger partial charge in [0, 0.05) is 25.6 Å². The molecule has 0 N–H and O–H groups in total. The van der Waals surface area contributed by atoms with Crippen LogP contribution < -0.4 is 0 Å². The lowest BCUT2D eigenvalue weighted by atomic mass is 9.92. The van der Waals surface area contributed by atoms with Crippen LogP contribution >= 0.6 is 0 Å². The zero-order chi connectivity index (χ0) is 15.5. The summed E-state index contributed by atoms with van der Waals surface area (Å²) in [6.45, 7) is 10.3. The maximum atomic E-state index is 12.6. The SMILES string of the molecule is C[C@H]1C[C@H](C)CN(C(=O)CN2CCC[C@H](C3OCCO3)C2)C1. The van der Waals surface area contributed by atoms with Crippen LogP contribution in [0, 0.1) is 17.8 Å². The highest BCUT2D eigenvalue weighted by atomic mass is 16.7. The molecule has 0 aromatic rings. The van der Waals surface area contributed by atoms with Crippen molar-refractivity contribution < 1.29 is 14.3 Å². The van der Waals surface area contributed by atoms with Crippen molar-refractivity contribution in [3.8, 4) is 0 Å². The van der Waals surface area contributed by atoms with E-state index in [0.717, 1.165) is 39.0 Å². The van der Waals surface area contributed by atoms with E-state index < -0.39 is 0 Å². The second-order valence-electron chi connectivity index (χ2n) is 7.49. The Kier molecular flexibility index (Phi) is 5.37. The molecule has 0 spiro atoms. The molecule has 3 aliphatic rings. The van der Waals surface area contributed by atoms with Gasteiger partial charge in [0.05, 0.1) is 19.8 Å². The Morgan fingerprint density at radius 2 is 1.77 bits per heavy atom. The van der Waals surface area contributed by atoms with Gasteiger partial charge in [0.2, 0.25) is 5.91 Å². The van der Waals surface area contributed by atoms with E-state index in [4.69, 9.17) is 9.47 Å². The molecule has 0 aromatic heterocycles. The summed E-state index contributed by atoms with van der Waals surface area (Å²) in [6.07, 6.45) is 3.47. The van der Waals surface area contributed by atoms with Crippen molar-refractivity contribution in [1.82, 2.24) is 9.80 Å². The highest BCUT2D eigenvalue weighted by Crippen LogP contribution is 2.25. The monoisotopic (exact) mass is 310 g/mol. The number of hydrogen-bond acceptors (Lipinski definition) is 4. The van der Waals surface area contributed by atoms with E-state index in [-0.39, 0.29) is 6.29 Å². The van der Waals surface area contributed by atoms with Crippen LogP contribution in [0.15, 0.2) is 0 Å². The minimum atomic E-state index is -0.0482. The van der Waals surface area contributed by atoms with Crippen LogP contribution in [-0.2, 0) is 14.3 Å². The summed E-state index contributed by atoms with van der Waals surface area (Å²) in [5, 5.41) is 0. The maximum absolute atomic E-state index is 12.6. The number of likely N-dealkylation sites (tertiary alicyclic amines) is 2. The maximum Gasteiger partial charge on any atom is 0.236 e. The minimum absolute atomic E-state index is 0.0482. The summed E-state index contributed by atoms with van der Waals surface area (Å²) in [7, 11) is 0. The highest BCUT2D eigenvalue weighted by Gasteiger charge is 2.33. The van der Waals surface area contributed by atoms with Gasteiger partial charge in [-0.2, -0.15) is 0 Å². The van der Waals surface area contributed by atoms with Crippen molar-refractivity contribution >= 4 is 5.91 Å². The molecule has 3 saturated heterocycles. The molecule has 126 valence electrons. The third kappa shape index (κ3) is 4.00. The first-order valence-corrected chi connectivity index (χ1v) is 8.85. The van der Waals surface area contributed by atoms with Crippen LogP contribution in [0.5, 0.6) is 0 Å². The van der Waals surface area contributed by atoms with Crippen LogP contribution in [0.25, 0.3) is 0 Å². The normalized spacial score (nSPS) is 35.0. The van der Waals surface area contributed by atoms with Crippen LogP contribution in [0.4, 0.5) is 0 Å². The summed E-state index contributed by atoms with van der Waals surface area (Å²) in [5.74, 6) is 1.97. The Labute approximate surface area is 133 Å². The van der Waals surface area contributed by atoms with Crippen LogP contribution in [0.3, 0.4) is 0 Å². The number of rotatable bonds is 3. The Hall–Kier alpha value is -0.650. The smallest absolute Gasteiger partial charge is 0.236 e. The Morgan fingerprint density at radius 3 is 2.45 bits per heavy atom. The van der Waals surface area contributed by atoms with E-state index in [2.05, 4.69) is 23.6 Å². The van der Waals surface area contributed by atoms with Crippen molar-refractivity contribution in [2.24, 2.45) is 17.8 Å². The molecular formula is C17H30N2O3. The predicted octanol–water partition coefficient (Wildman–Crippen LogP) is 1.58. The van der Waals surface area contributed by atoms with Gasteiger partial charge in [-0.15, -0.1) is 0 Å². The van der Waals surface area contributed by atoms with E-state index in [1.807, 2.05) is 0 Å². The van der Waals surface area contributed by atoms with Crippen LogP contribution in [-0.4, -0.2) is 67.9 Å². The van der Waals surface area contributed by atoms with Crippen LogP contribution in [0.1, 0.15) is 33.1 Å². The predicted molar refractivity (Wildman–Crippen MR) is 84.4 cm³/mol. The molecule has 5 nitrogen and oxygen atoms in total. The highest BCUT2D eigenvalue weighted by molar-refractivity contribution is 5.78. The second-order valence-corrected chi connectivity index (χ2v) is 7.49. The average Bonchev–Trinajstić information content (AvgIpc) is 3.00. The average molecular weight is 310 g/mol. The molecule has 3 atom stereocenters. The van der Waals surface area contributed by atoms with Gasteiger partial charge < -0.3 is 14.4 Å². The quantitative estimate of drug-likeness (QED) is 0.794. The van der Waals surface area contributed by atoms with E-state index >= 15 is 0 Å². The van der Waals surface area contributed by atoms with E-state index in [9.17, 15) is 4.79 Å². The molecule has 3 heterocycles. The van der Waals surface area contributed by atoms with Crippen molar-refractivity contribution in [3.63, 3.8) is 0 Å². The molecule has 0 bridgehead atoms. The fraction of sp³-hybridized carbons (Fsp3) is 0.941. The lowest BCUT2D eigenvalue weighted by Crippen LogP contribution is -2.49. The van der Waals surface area contributed by atoms with Crippen molar-refractivity contribution in [1.29, 1.82) is 0 Å². The number of ether oxygens (including phenoxy) is 2. The van der Waals surface area contributed by atoms with Gasteiger partial charge in [0.25, 0.3) is 0 Å². The molecule has 0 saturated carbocycles. The zero-order valence-corrected chi connectivity index (χ0v) is 14.0. The Balaban J connectivity index is 1.50. The number of nitrogens with zero attached hydrogens (tertiary/aromatic N) is 2. The fourth-order valence-corrected chi connectivity index (χ4v) is 4.26. The molecule has 5 heteroatoms. The van der Waals surface area contributed by atoms with Crippen molar-refractivity contribution in [2.45, 2.75) is 39.4 Å². The molecule has 1 amide bonds. The van der Waals surface area contributed by atoms with E-state index in [0.29, 0.717) is 43.4 Å². The summed E-state index contributed by atoms with van der Waals surface area (Å²) < 4.78 is 11.3. The first-order chi connectivity index (χ1) is 10.6. The summed E-state index contributed by atoms with van der Waals surface area (Å²) in [4.78, 5) is 17.0. The van der Waals surface area contributed by atoms with Crippen molar-refractivity contribution in [2.75, 3.05) is 45.9 Å². The minimum Gasteiger partial charge on any atom is -0.350 e. The summed E-state index contributed by atoms with van der Waals surface area (Å²) in [6, 6.07) is 0. The molecule has 0 unspecified atom stereocenters. The van der Waals surface area contributed by atoms with Crippen LogP contribution in [0.2, 0.25) is 0 Å². The number of piperidine rings is 2. The Bertz CT molecular complexity index is 374. The number of carbonyl (C=O) groups excluding carboxylic acids is 1. The van der Waals surface area contributed by atoms with Gasteiger partial charge in [0.15, 0.2) is 6.29 Å². The van der Waals surface area contributed by atoms with Gasteiger partial charge >= 0.3 is 0 Å². The first-order valence-electron chi connectivity index (χ1n) is 8.85. The van der Waals surface area contributed by atoms with Gasteiger partial charge in [-0.1, -0.05) is 13.8 Å². The lowest BCUT2D eigenvalue weighted by Gasteiger charge is -2.38. The third-order valence-electron chi connectivity index (χ3n) is 5.15. The zero-order valence-electron chi connectivity index (χ0n) is 14.0. The number of amides is 1. The number of carbonyl (C=O) groups is 1. The standard InChI is InChI=1S/C17H30N2O3/c1-13-8-14(2)10-19(9-13)16(20)12-18-5-3-4-15(11-18)17-21-6-7-22-17/h13-15,17H,3-12H2,1-2H3/t13-,14-,15-/m0/s1. The molecule has 3 fully saturated rings. The van der Waals surface area contributed by atoms with E-state index in [1.54, 1.807) is 0 Å². The fourth-order valence-electron chi connectivity index (χ4n) is 4.26. The first kappa shape index (κ1) is 16.2.